The molecule has 0 aliphatic heterocycles. The summed E-state index contributed by atoms with van der Waals surface area (Å²) < 4.78 is 0. The molecule has 0 aliphatic rings. The van der Waals surface area contributed by atoms with Crippen LogP contribution in [0.4, 0.5) is 0 Å². The lowest BCUT2D eigenvalue weighted by atomic mass is 9.86. The summed E-state index contributed by atoms with van der Waals surface area (Å²) in [5, 5.41) is 0. The molecule has 0 atom stereocenters. The fraction of sp³-hybridized carbons (Fsp3) is 0.0488. The van der Waals surface area contributed by atoms with Gasteiger partial charge in [-0.3, -0.25) is 0 Å². The van der Waals surface area contributed by atoms with E-state index < -0.39 is 0 Å². The van der Waals surface area contributed by atoms with Gasteiger partial charge in [0.05, 0.1) is 0 Å². The van der Waals surface area contributed by atoms with Crippen LogP contribution in [0.2, 0.25) is 0 Å². The predicted octanol–water partition coefficient (Wildman–Crippen LogP) is 9.72. The summed E-state index contributed by atoms with van der Waals surface area (Å²) in [6.07, 6.45) is 1.63. The van der Waals surface area contributed by atoms with E-state index in [0.717, 1.165) is 35.1 Å². The lowest BCUT2D eigenvalue weighted by Gasteiger charge is -2.19. The van der Waals surface area contributed by atoms with Crippen LogP contribution < -0.4 is 0 Å². The van der Waals surface area contributed by atoms with Crippen LogP contribution in [0, 0.1) is 0 Å². The molecular formula is C41H31N3. The Balaban J connectivity index is 1.46. The highest BCUT2D eigenvalue weighted by Crippen LogP contribution is 2.38. The van der Waals surface area contributed by atoms with Crippen molar-refractivity contribution in [2.75, 3.05) is 0 Å². The molecule has 210 valence electrons. The Kier molecular flexibility index (Phi) is 7.83. The fourth-order valence-electron chi connectivity index (χ4n) is 5.73. The Morgan fingerprint density at radius 1 is 0.318 bits per heavy atom. The van der Waals surface area contributed by atoms with E-state index in [4.69, 9.17) is 15.0 Å². The maximum atomic E-state index is 5.13. The molecule has 0 bridgehead atoms. The first-order chi connectivity index (χ1) is 21.8. The van der Waals surface area contributed by atoms with Crippen molar-refractivity contribution in [2.24, 2.45) is 0 Å². The SMILES string of the molecule is c1ccc(Cc2ccccc2-c2c(Cc3ccccc3)cccc2-c2nc(-c3ccccc3)nc(-c3ccccc3)n2)cc1. The van der Waals surface area contributed by atoms with E-state index in [2.05, 4.69) is 127 Å². The number of benzene rings is 6. The zero-order valence-corrected chi connectivity index (χ0v) is 24.3. The standard InChI is InChI=1S/C41H31N3/c1-5-16-30(17-6-1)28-34-24-13-14-26-36(34)38-35(29-31-18-7-2-8-19-31)25-15-27-37(38)41-43-39(32-20-9-3-10-21-32)42-40(44-41)33-22-11-4-12-23-33/h1-27H,28-29H2. The van der Waals surface area contributed by atoms with Crippen LogP contribution in [-0.2, 0) is 12.8 Å². The largest absolute Gasteiger partial charge is 0.208 e. The van der Waals surface area contributed by atoms with Crippen LogP contribution in [0.1, 0.15) is 22.3 Å². The molecule has 0 aliphatic carbocycles. The highest BCUT2D eigenvalue weighted by Gasteiger charge is 2.20. The summed E-state index contributed by atoms with van der Waals surface area (Å²) in [5.74, 6) is 1.98. The van der Waals surface area contributed by atoms with E-state index in [9.17, 15) is 0 Å². The van der Waals surface area contributed by atoms with Gasteiger partial charge in [0.25, 0.3) is 0 Å². The first-order valence-electron chi connectivity index (χ1n) is 15.0. The van der Waals surface area contributed by atoms with Gasteiger partial charge in [-0.1, -0.05) is 164 Å². The third-order valence-corrected chi connectivity index (χ3v) is 7.85. The summed E-state index contributed by atoms with van der Waals surface area (Å²) in [6.45, 7) is 0. The van der Waals surface area contributed by atoms with Crippen molar-refractivity contribution < 1.29 is 0 Å². The van der Waals surface area contributed by atoms with Gasteiger partial charge in [-0.2, -0.15) is 0 Å². The molecule has 0 spiro atoms. The summed E-state index contributed by atoms with van der Waals surface area (Å²) in [6, 6.07) is 56.9. The van der Waals surface area contributed by atoms with Crippen LogP contribution in [0.25, 0.3) is 45.3 Å². The molecule has 0 unspecified atom stereocenters. The van der Waals surface area contributed by atoms with Crippen molar-refractivity contribution in [3.63, 3.8) is 0 Å². The summed E-state index contributed by atoms with van der Waals surface area (Å²) in [4.78, 5) is 15.2. The Labute approximate surface area is 258 Å². The van der Waals surface area contributed by atoms with E-state index >= 15 is 0 Å². The first-order valence-corrected chi connectivity index (χ1v) is 15.0. The van der Waals surface area contributed by atoms with Crippen LogP contribution in [0.15, 0.2) is 164 Å². The van der Waals surface area contributed by atoms with E-state index in [-0.39, 0.29) is 0 Å². The molecule has 0 fully saturated rings. The van der Waals surface area contributed by atoms with Gasteiger partial charge in [0.2, 0.25) is 0 Å². The normalized spacial score (nSPS) is 10.9. The van der Waals surface area contributed by atoms with E-state index in [1.54, 1.807) is 0 Å². The average Bonchev–Trinajstić information content (AvgIpc) is 3.10. The third-order valence-electron chi connectivity index (χ3n) is 7.85. The number of hydrogen-bond acceptors (Lipinski definition) is 3. The van der Waals surface area contributed by atoms with Crippen LogP contribution in [0.5, 0.6) is 0 Å². The number of aromatic nitrogens is 3. The highest BCUT2D eigenvalue weighted by atomic mass is 15.0. The average molecular weight is 566 g/mol. The quantitative estimate of drug-likeness (QED) is 0.184. The fourth-order valence-corrected chi connectivity index (χ4v) is 5.73. The minimum Gasteiger partial charge on any atom is -0.208 e. The molecule has 0 N–H and O–H groups in total. The van der Waals surface area contributed by atoms with Crippen molar-refractivity contribution in [1.29, 1.82) is 0 Å². The lowest BCUT2D eigenvalue weighted by Crippen LogP contribution is -2.04. The van der Waals surface area contributed by atoms with Gasteiger partial charge in [-0.15, -0.1) is 0 Å². The minimum absolute atomic E-state index is 0.659. The van der Waals surface area contributed by atoms with Crippen molar-refractivity contribution in [3.8, 4) is 45.3 Å². The molecule has 6 aromatic carbocycles. The first kappa shape index (κ1) is 27.2. The minimum atomic E-state index is 0.659. The Morgan fingerprint density at radius 3 is 1.30 bits per heavy atom. The van der Waals surface area contributed by atoms with Crippen LogP contribution in [-0.4, -0.2) is 15.0 Å². The highest BCUT2D eigenvalue weighted by molar-refractivity contribution is 5.86. The zero-order valence-electron chi connectivity index (χ0n) is 24.3. The van der Waals surface area contributed by atoms with E-state index in [1.807, 2.05) is 36.4 Å². The van der Waals surface area contributed by atoms with Crippen LogP contribution >= 0.6 is 0 Å². The maximum Gasteiger partial charge on any atom is 0.164 e. The second kappa shape index (κ2) is 12.7. The van der Waals surface area contributed by atoms with E-state index in [0.29, 0.717) is 17.5 Å². The second-order valence-corrected chi connectivity index (χ2v) is 10.9. The molecule has 1 heterocycles. The molecular weight excluding hydrogens is 534 g/mol. The second-order valence-electron chi connectivity index (χ2n) is 10.9. The molecule has 7 aromatic rings. The van der Waals surface area contributed by atoms with Crippen molar-refractivity contribution in [3.05, 3.63) is 186 Å². The Hall–Kier alpha value is -5.67. The van der Waals surface area contributed by atoms with Gasteiger partial charge in [0.1, 0.15) is 0 Å². The van der Waals surface area contributed by atoms with Gasteiger partial charge >= 0.3 is 0 Å². The molecule has 3 nitrogen and oxygen atoms in total. The Bertz CT molecular complexity index is 1930. The summed E-state index contributed by atoms with van der Waals surface area (Å²) in [5.41, 5.74) is 10.3. The molecule has 0 saturated heterocycles. The zero-order chi connectivity index (χ0) is 29.6. The Morgan fingerprint density at radius 2 is 0.727 bits per heavy atom. The van der Waals surface area contributed by atoms with Gasteiger partial charge in [0.15, 0.2) is 17.5 Å². The summed E-state index contributed by atoms with van der Waals surface area (Å²) in [7, 11) is 0. The summed E-state index contributed by atoms with van der Waals surface area (Å²) >= 11 is 0. The molecule has 0 radical (unpaired) electrons. The molecule has 3 heteroatoms. The van der Waals surface area contributed by atoms with Gasteiger partial charge in [-0.25, -0.2) is 15.0 Å². The monoisotopic (exact) mass is 565 g/mol. The topological polar surface area (TPSA) is 38.7 Å². The smallest absolute Gasteiger partial charge is 0.164 e. The third kappa shape index (κ3) is 5.95. The van der Waals surface area contributed by atoms with Gasteiger partial charge in [0, 0.05) is 16.7 Å². The van der Waals surface area contributed by atoms with Crippen molar-refractivity contribution in [1.82, 2.24) is 15.0 Å². The van der Waals surface area contributed by atoms with Crippen LogP contribution in [0.3, 0.4) is 0 Å². The predicted molar refractivity (Wildman–Crippen MR) is 180 cm³/mol. The number of nitrogens with zero attached hydrogens (tertiary/aromatic N) is 3. The van der Waals surface area contributed by atoms with Gasteiger partial charge in [-0.05, 0) is 46.2 Å². The molecule has 7 rings (SSSR count). The lowest BCUT2D eigenvalue weighted by molar-refractivity contribution is 1.07. The number of rotatable bonds is 8. The van der Waals surface area contributed by atoms with Crippen molar-refractivity contribution in [2.45, 2.75) is 12.8 Å². The maximum absolute atomic E-state index is 5.13. The van der Waals surface area contributed by atoms with Crippen molar-refractivity contribution >= 4 is 0 Å². The molecule has 0 amide bonds. The number of hydrogen-bond donors (Lipinski definition) is 0. The molecule has 0 saturated carbocycles. The van der Waals surface area contributed by atoms with E-state index in [1.165, 1.54) is 27.8 Å². The van der Waals surface area contributed by atoms with Gasteiger partial charge < -0.3 is 0 Å². The molecule has 44 heavy (non-hydrogen) atoms. The molecule has 1 aromatic heterocycles.